The number of ether oxygens (including phenoxy) is 4. The summed E-state index contributed by atoms with van der Waals surface area (Å²) in [4.78, 5) is 23.9. The fourth-order valence-corrected chi connectivity index (χ4v) is 4.86. The highest BCUT2D eigenvalue weighted by molar-refractivity contribution is 7.08. The number of hydrogen-bond donors (Lipinski definition) is 0. The lowest BCUT2D eigenvalue weighted by Gasteiger charge is -2.08. The molecule has 200 valence electrons. The molecule has 4 rings (SSSR count). The van der Waals surface area contributed by atoms with Crippen LogP contribution in [0.1, 0.15) is 33.9 Å². The molecular formula is C26H24Cl2N2O6S2. The Morgan fingerprint density at radius 2 is 1.39 bits per heavy atom. The molecule has 0 atom stereocenters. The third-order valence-electron chi connectivity index (χ3n) is 4.91. The molecule has 0 aliphatic rings. The maximum absolute atomic E-state index is 11.8. The smallest absolute Gasteiger partial charge is 0.349 e. The fourth-order valence-electron chi connectivity index (χ4n) is 3.22. The number of benzene rings is 2. The molecule has 0 spiro atoms. The number of halogens is 2. The maximum atomic E-state index is 11.8. The second-order valence-corrected chi connectivity index (χ2v) is 9.59. The topological polar surface area (TPSA) is 96.8 Å². The molecule has 2 aromatic carbocycles. The average Bonchev–Trinajstić information content (AvgIpc) is 3.60. The minimum atomic E-state index is -0.386. The van der Waals surface area contributed by atoms with E-state index in [9.17, 15) is 9.59 Å². The van der Waals surface area contributed by atoms with Gasteiger partial charge < -0.3 is 18.9 Å². The van der Waals surface area contributed by atoms with E-state index in [4.69, 9.17) is 42.1 Å². The van der Waals surface area contributed by atoms with Crippen molar-refractivity contribution in [2.75, 3.05) is 27.4 Å². The van der Waals surface area contributed by atoms with Crippen LogP contribution in [0.25, 0.3) is 22.5 Å². The molecule has 0 bridgehead atoms. The Morgan fingerprint density at radius 1 is 0.816 bits per heavy atom. The molecule has 0 aliphatic carbocycles. The largest absolute Gasteiger partial charge is 0.496 e. The number of rotatable bonds is 8. The molecular weight excluding hydrogens is 571 g/mol. The number of carbonyl (C=O) groups excluding carboxylic acids is 2. The van der Waals surface area contributed by atoms with Gasteiger partial charge in [0.05, 0.1) is 38.7 Å². The minimum absolute atomic E-state index is 0.325. The lowest BCUT2D eigenvalue weighted by atomic mass is 10.1. The predicted octanol–water partition coefficient (Wildman–Crippen LogP) is 7.30. The van der Waals surface area contributed by atoms with Crippen LogP contribution in [0.3, 0.4) is 0 Å². The van der Waals surface area contributed by atoms with Crippen LogP contribution in [0.4, 0.5) is 0 Å². The van der Waals surface area contributed by atoms with Gasteiger partial charge in [0.2, 0.25) is 0 Å². The first-order chi connectivity index (χ1) is 18.3. The lowest BCUT2D eigenvalue weighted by molar-refractivity contribution is 0.0520. The van der Waals surface area contributed by atoms with E-state index in [-0.39, 0.29) is 11.9 Å². The van der Waals surface area contributed by atoms with Gasteiger partial charge in [-0.1, -0.05) is 23.2 Å². The van der Waals surface area contributed by atoms with Crippen molar-refractivity contribution in [3.05, 3.63) is 68.3 Å². The number of aromatic nitrogens is 2. The summed E-state index contributed by atoms with van der Waals surface area (Å²) >= 11 is 14.1. The van der Waals surface area contributed by atoms with Gasteiger partial charge in [-0.05, 0) is 79.4 Å². The van der Waals surface area contributed by atoms with E-state index >= 15 is 0 Å². The molecule has 4 aromatic rings. The molecule has 0 fully saturated rings. The van der Waals surface area contributed by atoms with Crippen LogP contribution in [-0.4, -0.2) is 48.1 Å². The Morgan fingerprint density at radius 3 is 2.00 bits per heavy atom. The highest BCUT2D eigenvalue weighted by Gasteiger charge is 2.20. The summed E-state index contributed by atoms with van der Waals surface area (Å²) in [7, 11) is 3.11. The van der Waals surface area contributed by atoms with Crippen molar-refractivity contribution in [3.8, 4) is 34.0 Å². The molecule has 0 saturated heterocycles. The Labute approximate surface area is 238 Å². The number of methoxy groups -OCH3 is 2. The molecule has 38 heavy (non-hydrogen) atoms. The molecule has 0 unspecified atom stereocenters. The van der Waals surface area contributed by atoms with E-state index in [1.807, 2.05) is 6.07 Å². The van der Waals surface area contributed by atoms with Gasteiger partial charge in [0.25, 0.3) is 0 Å². The first-order valence-electron chi connectivity index (χ1n) is 11.3. The van der Waals surface area contributed by atoms with E-state index in [1.165, 1.54) is 11.5 Å². The van der Waals surface area contributed by atoms with Crippen LogP contribution in [0.15, 0.2) is 47.8 Å². The Bertz CT molecular complexity index is 1410. The van der Waals surface area contributed by atoms with Gasteiger partial charge in [-0.25, -0.2) is 9.59 Å². The zero-order chi connectivity index (χ0) is 27.7. The summed E-state index contributed by atoms with van der Waals surface area (Å²) in [5.74, 6) is 0.444. The first-order valence-corrected chi connectivity index (χ1v) is 13.6. The van der Waals surface area contributed by atoms with Crippen molar-refractivity contribution in [1.82, 2.24) is 8.75 Å². The fraction of sp³-hybridized carbons (Fsp3) is 0.231. The molecule has 0 N–H and O–H groups in total. The monoisotopic (exact) mass is 594 g/mol. The summed E-state index contributed by atoms with van der Waals surface area (Å²) in [5.41, 5.74) is 3.17. The second-order valence-electron chi connectivity index (χ2n) is 7.28. The van der Waals surface area contributed by atoms with E-state index in [0.29, 0.717) is 56.6 Å². The van der Waals surface area contributed by atoms with Gasteiger partial charge >= 0.3 is 11.9 Å². The summed E-state index contributed by atoms with van der Waals surface area (Å²) in [6.45, 7) is 4.20. The number of carbonyl (C=O) groups is 2. The third kappa shape index (κ3) is 7.22. The van der Waals surface area contributed by atoms with Crippen molar-refractivity contribution in [2.45, 2.75) is 13.8 Å². The second kappa shape index (κ2) is 14.1. The zero-order valence-corrected chi connectivity index (χ0v) is 24.1. The maximum Gasteiger partial charge on any atom is 0.349 e. The van der Waals surface area contributed by atoms with E-state index < -0.39 is 0 Å². The van der Waals surface area contributed by atoms with E-state index in [0.717, 1.165) is 22.7 Å². The number of esters is 2. The summed E-state index contributed by atoms with van der Waals surface area (Å²) in [6, 6.07) is 12.2. The van der Waals surface area contributed by atoms with Crippen molar-refractivity contribution < 1.29 is 28.5 Å². The normalized spacial score (nSPS) is 10.3. The minimum Gasteiger partial charge on any atom is -0.496 e. The average molecular weight is 596 g/mol. The highest BCUT2D eigenvalue weighted by Crippen LogP contribution is 2.35. The third-order valence-corrected chi connectivity index (χ3v) is 6.78. The van der Waals surface area contributed by atoms with Crippen LogP contribution in [0, 0.1) is 0 Å². The Kier molecular flexibility index (Phi) is 10.9. The van der Waals surface area contributed by atoms with Gasteiger partial charge in [0.15, 0.2) is 0 Å². The zero-order valence-electron chi connectivity index (χ0n) is 20.9. The van der Waals surface area contributed by atoms with Gasteiger partial charge in [-0.15, -0.1) is 0 Å². The lowest BCUT2D eigenvalue weighted by Crippen LogP contribution is -2.05. The standard InChI is InChI=1S/2C13H12ClNO3S/c1-3-18-13(16)10-7-19-15-12(10)9-5-4-8(14)6-11(9)17-2;1-3-18-13(16)12-7-10(15-19-12)9-5-4-8(14)6-11(9)17-2/h2*4-7H,3H2,1-2H3. The Hall–Kier alpha value is -3.18. The molecule has 0 aliphatic heterocycles. The highest BCUT2D eigenvalue weighted by atomic mass is 35.5. The van der Waals surface area contributed by atoms with Crippen LogP contribution < -0.4 is 9.47 Å². The first kappa shape index (κ1) is 29.4. The van der Waals surface area contributed by atoms with Crippen molar-refractivity contribution in [1.29, 1.82) is 0 Å². The van der Waals surface area contributed by atoms with Gasteiger partial charge in [-0.3, -0.25) is 0 Å². The van der Waals surface area contributed by atoms with Gasteiger partial charge in [-0.2, -0.15) is 8.75 Å². The molecule has 0 amide bonds. The van der Waals surface area contributed by atoms with E-state index in [1.54, 1.807) is 69.8 Å². The SMILES string of the molecule is CCOC(=O)c1cc(-c2ccc(Cl)cc2OC)ns1.CCOC(=O)c1csnc1-c1ccc(Cl)cc1OC. The van der Waals surface area contributed by atoms with Gasteiger partial charge in [0, 0.05) is 26.6 Å². The van der Waals surface area contributed by atoms with Crippen LogP contribution in [0.2, 0.25) is 10.0 Å². The summed E-state index contributed by atoms with van der Waals surface area (Å²) in [5, 5.41) is 2.82. The quantitative estimate of drug-likeness (QED) is 0.196. The molecule has 0 saturated carbocycles. The van der Waals surface area contributed by atoms with Crippen LogP contribution in [-0.2, 0) is 9.47 Å². The molecule has 2 heterocycles. The molecule has 12 heteroatoms. The van der Waals surface area contributed by atoms with Crippen molar-refractivity contribution in [2.24, 2.45) is 0 Å². The van der Waals surface area contributed by atoms with Crippen LogP contribution >= 0.6 is 46.3 Å². The molecule has 2 aromatic heterocycles. The number of nitrogens with zero attached hydrogens (tertiary/aromatic N) is 2. The summed E-state index contributed by atoms with van der Waals surface area (Å²) < 4.78 is 29.0. The van der Waals surface area contributed by atoms with Crippen molar-refractivity contribution in [3.63, 3.8) is 0 Å². The Balaban J connectivity index is 0.000000211. The molecule has 8 nitrogen and oxygen atoms in total. The summed E-state index contributed by atoms with van der Waals surface area (Å²) in [6.07, 6.45) is 0. The molecule has 0 radical (unpaired) electrons. The number of hydrogen-bond acceptors (Lipinski definition) is 10. The van der Waals surface area contributed by atoms with E-state index in [2.05, 4.69) is 8.75 Å². The van der Waals surface area contributed by atoms with Crippen LogP contribution in [0.5, 0.6) is 11.5 Å². The van der Waals surface area contributed by atoms with Gasteiger partial charge in [0.1, 0.15) is 22.1 Å². The van der Waals surface area contributed by atoms with Crippen molar-refractivity contribution >= 4 is 58.2 Å². The predicted molar refractivity (Wildman–Crippen MR) is 150 cm³/mol.